The van der Waals surface area contributed by atoms with Crippen LogP contribution in [0.3, 0.4) is 0 Å². The monoisotopic (exact) mass is 218 g/mol. The van der Waals surface area contributed by atoms with Crippen molar-refractivity contribution in [2.75, 3.05) is 0 Å². The van der Waals surface area contributed by atoms with Crippen LogP contribution in [0.15, 0.2) is 24.3 Å². The molecule has 88 valence electrons. The normalized spacial score (nSPS) is 17.4. The average Bonchev–Trinajstić information content (AvgIpc) is 2.61. The van der Waals surface area contributed by atoms with Gasteiger partial charge in [0.05, 0.1) is 5.60 Å². The summed E-state index contributed by atoms with van der Waals surface area (Å²) < 4.78 is 0. The summed E-state index contributed by atoms with van der Waals surface area (Å²) in [5.74, 6) is 0. The van der Waals surface area contributed by atoms with Gasteiger partial charge in [0.2, 0.25) is 0 Å². The Morgan fingerprint density at radius 2 is 1.69 bits per heavy atom. The molecule has 0 aromatic heterocycles. The van der Waals surface area contributed by atoms with E-state index in [0.29, 0.717) is 0 Å². The lowest BCUT2D eigenvalue weighted by atomic mass is 9.93. The van der Waals surface area contributed by atoms with Crippen LogP contribution in [0.1, 0.15) is 50.2 Å². The van der Waals surface area contributed by atoms with E-state index in [9.17, 15) is 5.11 Å². The van der Waals surface area contributed by atoms with E-state index < -0.39 is 5.60 Å². The molecular weight excluding hydrogens is 196 g/mol. The quantitative estimate of drug-likeness (QED) is 0.750. The van der Waals surface area contributed by atoms with Crippen LogP contribution in [0.2, 0.25) is 0 Å². The van der Waals surface area contributed by atoms with Crippen LogP contribution in [0.4, 0.5) is 0 Å². The Morgan fingerprint density at radius 1 is 1.06 bits per heavy atom. The summed E-state index contributed by atoms with van der Waals surface area (Å²) >= 11 is 0. The highest BCUT2D eigenvalue weighted by Gasteiger charge is 2.33. The van der Waals surface area contributed by atoms with Gasteiger partial charge >= 0.3 is 0 Å². The van der Waals surface area contributed by atoms with E-state index in [-0.39, 0.29) is 0 Å². The summed E-state index contributed by atoms with van der Waals surface area (Å²) in [4.78, 5) is 0. The Morgan fingerprint density at radius 3 is 2.25 bits per heavy atom. The first kappa shape index (κ1) is 11.7. The molecular formula is C15H22O. The Bertz CT molecular complexity index is 318. The van der Waals surface area contributed by atoms with Crippen molar-refractivity contribution < 1.29 is 5.11 Å². The molecule has 1 aromatic rings. The van der Waals surface area contributed by atoms with Gasteiger partial charge in [0, 0.05) is 12.8 Å². The fourth-order valence-electron chi connectivity index (χ4n) is 2.73. The standard InChI is InChI=1S/C15H22O/c1-2-3-4-7-10-15(16)11-13-8-5-6-9-14(13)12-15/h5-6,8-9,16H,2-4,7,10-12H2,1H3. The summed E-state index contributed by atoms with van der Waals surface area (Å²) in [5.41, 5.74) is 2.25. The molecule has 0 saturated carbocycles. The maximum Gasteiger partial charge on any atom is 0.0728 e. The molecule has 1 heteroatoms. The lowest BCUT2D eigenvalue weighted by Crippen LogP contribution is -2.28. The third-order valence-electron chi connectivity index (χ3n) is 3.65. The highest BCUT2D eigenvalue weighted by atomic mass is 16.3. The molecule has 0 heterocycles. The molecule has 16 heavy (non-hydrogen) atoms. The lowest BCUT2D eigenvalue weighted by molar-refractivity contribution is 0.0396. The first-order valence-corrected chi connectivity index (χ1v) is 6.53. The number of benzene rings is 1. The van der Waals surface area contributed by atoms with Crippen LogP contribution >= 0.6 is 0 Å². The van der Waals surface area contributed by atoms with Gasteiger partial charge in [-0.25, -0.2) is 0 Å². The van der Waals surface area contributed by atoms with Crippen molar-refractivity contribution in [3.63, 3.8) is 0 Å². The molecule has 0 atom stereocenters. The van der Waals surface area contributed by atoms with Gasteiger partial charge in [-0.05, 0) is 17.5 Å². The van der Waals surface area contributed by atoms with E-state index in [1.54, 1.807) is 0 Å². The summed E-state index contributed by atoms with van der Waals surface area (Å²) in [6.07, 6.45) is 7.65. The van der Waals surface area contributed by atoms with Crippen molar-refractivity contribution >= 4 is 0 Å². The third-order valence-corrected chi connectivity index (χ3v) is 3.65. The van der Waals surface area contributed by atoms with Gasteiger partial charge < -0.3 is 5.11 Å². The van der Waals surface area contributed by atoms with Crippen molar-refractivity contribution in [2.45, 2.75) is 57.5 Å². The zero-order valence-electron chi connectivity index (χ0n) is 10.2. The van der Waals surface area contributed by atoms with E-state index in [1.165, 1.54) is 36.8 Å². The van der Waals surface area contributed by atoms with Crippen LogP contribution in [-0.2, 0) is 12.8 Å². The van der Waals surface area contributed by atoms with Crippen molar-refractivity contribution in [3.8, 4) is 0 Å². The Hall–Kier alpha value is -0.820. The van der Waals surface area contributed by atoms with E-state index in [1.807, 2.05) is 0 Å². The van der Waals surface area contributed by atoms with Gasteiger partial charge in [-0.15, -0.1) is 0 Å². The van der Waals surface area contributed by atoms with Crippen molar-refractivity contribution in [1.29, 1.82) is 0 Å². The van der Waals surface area contributed by atoms with Crippen LogP contribution in [0.5, 0.6) is 0 Å². The van der Waals surface area contributed by atoms with E-state index in [4.69, 9.17) is 0 Å². The fraction of sp³-hybridized carbons (Fsp3) is 0.600. The molecule has 0 aliphatic heterocycles. The van der Waals surface area contributed by atoms with E-state index >= 15 is 0 Å². The molecule has 0 spiro atoms. The lowest BCUT2D eigenvalue weighted by Gasteiger charge is -2.21. The molecule has 1 nitrogen and oxygen atoms in total. The van der Waals surface area contributed by atoms with Gasteiger partial charge in [-0.1, -0.05) is 56.9 Å². The van der Waals surface area contributed by atoms with Crippen LogP contribution in [0, 0.1) is 0 Å². The van der Waals surface area contributed by atoms with Crippen LogP contribution in [-0.4, -0.2) is 10.7 Å². The fourth-order valence-corrected chi connectivity index (χ4v) is 2.73. The minimum absolute atomic E-state index is 0.447. The molecule has 0 saturated heterocycles. The number of fused-ring (bicyclic) bond motifs is 1. The van der Waals surface area contributed by atoms with Gasteiger partial charge in [-0.2, -0.15) is 0 Å². The molecule has 1 aliphatic rings. The Kier molecular flexibility index (Phi) is 3.65. The SMILES string of the molecule is CCCCCCC1(O)Cc2ccccc2C1. The van der Waals surface area contributed by atoms with Gasteiger partial charge in [-0.3, -0.25) is 0 Å². The van der Waals surface area contributed by atoms with Gasteiger partial charge in [0.1, 0.15) is 0 Å². The minimum Gasteiger partial charge on any atom is -0.389 e. The van der Waals surface area contributed by atoms with E-state index in [0.717, 1.165) is 19.3 Å². The largest absolute Gasteiger partial charge is 0.389 e. The molecule has 0 fully saturated rings. The summed E-state index contributed by atoms with van der Waals surface area (Å²) in [6, 6.07) is 8.45. The summed E-state index contributed by atoms with van der Waals surface area (Å²) in [5, 5.41) is 10.5. The molecule has 0 amide bonds. The second-order valence-electron chi connectivity index (χ2n) is 5.16. The molecule has 1 aliphatic carbocycles. The number of rotatable bonds is 5. The molecule has 2 rings (SSSR count). The van der Waals surface area contributed by atoms with Gasteiger partial charge in [0.15, 0.2) is 0 Å². The predicted molar refractivity (Wildman–Crippen MR) is 67.6 cm³/mol. The second kappa shape index (κ2) is 5.01. The summed E-state index contributed by atoms with van der Waals surface area (Å²) in [7, 11) is 0. The predicted octanol–water partition coefficient (Wildman–Crippen LogP) is 3.49. The Labute approximate surface area is 98.5 Å². The van der Waals surface area contributed by atoms with Crippen molar-refractivity contribution in [1.82, 2.24) is 0 Å². The molecule has 0 radical (unpaired) electrons. The maximum atomic E-state index is 10.5. The molecule has 1 aromatic carbocycles. The topological polar surface area (TPSA) is 20.2 Å². The number of hydrogen-bond donors (Lipinski definition) is 1. The minimum atomic E-state index is -0.447. The number of unbranched alkanes of at least 4 members (excludes halogenated alkanes) is 3. The molecule has 1 N–H and O–H groups in total. The second-order valence-corrected chi connectivity index (χ2v) is 5.16. The van der Waals surface area contributed by atoms with Crippen molar-refractivity contribution in [3.05, 3.63) is 35.4 Å². The van der Waals surface area contributed by atoms with Crippen LogP contribution in [0.25, 0.3) is 0 Å². The molecule has 0 unspecified atom stereocenters. The third kappa shape index (κ3) is 2.65. The first-order chi connectivity index (χ1) is 7.73. The maximum absolute atomic E-state index is 10.5. The first-order valence-electron chi connectivity index (χ1n) is 6.53. The summed E-state index contributed by atoms with van der Waals surface area (Å²) in [6.45, 7) is 2.22. The number of hydrogen-bond acceptors (Lipinski definition) is 1. The van der Waals surface area contributed by atoms with Crippen molar-refractivity contribution in [2.24, 2.45) is 0 Å². The Balaban J connectivity index is 1.88. The average molecular weight is 218 g/mol. The number of aliphatic hydroxyl groups is 1. The zero-order valence-corrected chi connectivity index (χ0v) is 10.2. The zero-order chi connectivity index (χ0) is 11.4. The van der Waals surface area contributed by atoms with Gasteiger partial charge in [0.25, 0.3) is 0 Å². The molecule has 0 bridgehead atoms. The smallest absolute Gasteiger partial charge is 0.0728 e. The highest BCUT2D eigenvalue weighted by molar-refractivity contribution is 5.35. The highest BCUT2D eigenvalue weighted by Crippen LogP contribution is 2.33. The van der Waals surface area contributed by atoms with Crippen LogP contribution < -0.4 is 0 Å². The van der Waals surface area contributed by atoms with E-state index in [2.05, 4.69) is 31.2 Å².